The van der Waals surface area contributed by atoms with Crippen LogP contribution in [0.4, 0.5) is 0 Å². The topological polar surface area (TPSA) is 55.1 Å². The number of nitrogens with two attached hydrogens (primary N) is 1. The summed E-state index contributed by atoms with van der Waals surface area (Å²) in [6.07, 6.45) is 2.23. The first-order valence-corrected chi connectivity index (χ1v) is 5.46. The van der Waals surface area contributed by atoms with E-state index in [4.69, 9.17) is 5.73 Å². The van der Waals surface area contributed by atoms with Crippen LogP contribution in [0.2, 0.25) is 0 Å². The van der Waals surface area contributed by atoms with Crippen molar-refractivity contribution >= 4 is 17.7 Å². The van der Waals surface area contributed by atoms with E-state index in [0.29, 0.717) is 5.25 Å². The molecule has 0 aromatic rings. The molecule has 0 aliphatic carbocycles. The first-order chi connectivity index (χ1) is 5.77. The second kappa shape index (κ2) is 3.26. The van der Waals surface area contributed by atoms with E-state index in [1.54, 1.807) is 0 Å². The van der Waals surface area contributed by atoms with Crippen molar-refractivity contribution in [1.29, 1.82) is 0 Å². The Bertz CT molecular complexity index is 197. The molecule has 2 aliphatic heterocycles. The van der Waals surface area contributed by atoms with Gasteiger partial charge in [-0.1, -0.05) is 0 Å². The van der Waals surface area contributed by atoms with Crippen LogP contribution in [0.1, 0.15) is 12.8 Å². The van der Waals surface area contributed by atoms with Gasteiger partial charge in [0, 0.05) is 5.25 Å². The molecular weight excluding hydrogens is 172 g/mol. The number of hydrogen-bond donors (Lipinski definition) is 2. The molecule has 2 rings (SSSR count). The lowest BCUT2D eigenvalue weighted by Gasteiger charge is -2.30. The highest BCUT2D eigenvalue weighted by molar-refractivity contribution is 8.00. The molecule has 68 valence electrons. The molecule has 2 fully saturated rings. The van der Waals surface area contributed by atoms with Crippen molar-refractivity contribution in [2.24, 2.45) is 11.7 Å². The van der Waals surface area contributed by atoms with Crippen LogP contribution in [-0.2, 0) is 4.79 Å². The summed E-state index contributed by atoms with van der Waals surface area (Å²) in [7, 11) is 0. The molecule has 3 nitrogen and oxygen atoms in total. The van der Waals surface area contributed by atoms with E-state index < -0.39 is 0 Å². The highest BCUT2D eigenvalue weighted by atomic mass is 32.2. The lowest BCUT2D eigenvalue weighted by molar-refractivity contribution is -0.120. The maximum atomic E-state index is 10.9. The van der Waals surface area contributed by atoms with Gasteiger partial charge in [0.25, 0.3) is 0 Å². The minimum absolute atomic E-state index is 0.0724. The zero-order valence-corrected chi connectivity index (χ0v) is 7.77. The van der Waals surface area contributed by atoms with Crippen LogP contribution in [0, 0.1) is 5.92 Å². The van der Waals surface area contributed by atoms with Crippen LogP contribution < -0.4 is 11.1 Å². The molecule has 2 heterocycles. The Morgan fingerprint density at radius 2 is 2.42 bits per heavy atom. The number of thioether (sulfide) groups is 1. The zero-order chi connectivity index (χ0) is 8.55. The predicted octanol–water partition coefficient (Wildman–Crippen LogP) is -0.0447. The van der Waals surface area contributed by atoms with Crippen molar-refractivity contribution in [3.05, 3.63) is 0 Å². The maximum Gasteiger partial charge on any atom is 0.234 e. The van der Waals surface area contributed by atoms with Gasteiger partial charge in [-0.15, -0.1) is 0 Å². The minimum Gasteiger partial charge on any atom is -0.368 e. The highest BCUT2D eigenvalue weighted by Gasteiger charge is 2.35. The molecule has 0 aromatic carbocycles. The number of carbonyl (C=O) groups is 1. The second-order valence-electron chi connectivity index (χ2n) is 3.56. The minimum atomic E-state index is -0.194. The van der Waals surface area contributed by atoms with Gasteiger partial charge in [-0.05, 0) is 31.1 Å². The van der Waals surface area contributed by atoms with Crippen LogP contribution >= 0.6 is 11.8 Å². The molecular formula is C8H14N2OS. The summed E-state index contributed by atoms with van der Waals surface area (Å²) < 4.78 is 0. The number of nitrogens with one attached hydrogen (secondary N) is 1. The Morgan fingerprint density at radius 3 is 3.17 bits per heavy atom. The smallest absolute Gasteiger partial charge is 0.234 e. The fourth-order valence-electron chi connectivity index (χ4n) is 2.01. The molecule has 3 N–H and O–H groups in total. The molecule has 2 aliphatic rings. The van der Waals surface area contributed by atoms with Crippen LogP contribution in [0.15, 0.2) is 0 Å². The van der Waals surface area contributed by atoms with Gasteiger partial charge in [0.05, 0.1) is 6.04 Å². The number of primary amides is 1. The molecule has 0 bridgehead atoms. The zero-order valence-electron chi connectivity index (χ0n) is 6.95. The quantitative estimate of drug-likeness (QED) is 0.604. The Labute approximate surface area is 76.5 Å². The Kier molecular flexibility index (Phi) is 2.28. The van der Waals surface area contributed by atoms with E-state index >= 15 is 0 Å². The molecule has 3 atom stereocenters. The summed E-state index contributed by atoms with van der Waals surface area (Å²) >= 11 is 2.00. The Hall–Kier alpha value is -0.220. The van der Waals surface area contributed by atoms with Gasteiger partial charge in [0.15, 0.2) is 0 Å². The third-order valence-electron chi connectivity index (χ3n) is 2.78. The van der Waals surface area contributed by atoms with E-state index in [-0.39, 0.29) is 11.9 Å². The van der Waals surface area contributed by atoms with Gasteiger partial charge in [-0.3, -0.25) is 4.79 Å². The first kappa shape index (κ1) is 8.38. The molecule has 2 unspecified atom stereocenters. The van der Waals surface area contributed by atoms with Crippen molar-refractivity contribution in [2.75, 3.05) is 12.3 Å². The average molecular weight is 186 g/mol. The number of amides is 1. The monoisotopic (exact) mass is 186 g/mol. The molecule has 4 heteroatoms. The normalized spacial score (nSPS) is 40.8. The summed E-state index contributed by atoms with van der Waals surface area (Å²) in [5, 5.41) is 3.89. The predicted molar refractivity (Wildman–Crippen MR) is 50.0 cm³/mol. The van der Waals surface area contributed by atoms with Crippen LogP contribution in [-0.4, -0.2) is 29.5 Å². The van der Waals surface area contributed by atoms with Gasteiger partial charge in [0.2, 0.25) is 5.91 Å². The van der Waals surface area contributed by atoms with Crippen LogP contribution in [0.25, 0.3) is 0 Å². The fourth-order valence-corrected chi connectivity index (χ4v) is 3.59. The lowest BCUT2D eigenvalue weighted by Crippen LogP contribution is -2.50. The molecule has 0 spiro atoms. The third-order valence-corrected chi connectivity index (χ3v) is 4.26. The van der Waals surface area contributed by atoms with Gasteiger partial charge in [-0.25, -0.2) is 0 Å². The van der Waals surface area contributed by atoms with E-state index in [1.807, 2.05) is 11.8 Å². The van der Waals surface area contributed by atoms with Gasteiger partial charge < -0.3 is 11.1 Å². The molecule has 0 aromatic heterocycles. The Balaban J connectivity index is 1.96. The molecule has 0 radical (unpaired) electrons. The van der Waals surface area contributed by atoms with Crippen molar-refractivity contribution in [3.63, 3.8) is 0 Å². The molecule has 2 saturated heterocycles. The maximum absolute atomic E-state index is 10.9. The number of fused-ring (bicyclic) bond motifs is 1. The SMILES string of the molecule is NC(=O)[C@H]1CC2SCCC2CN1. The van der Waals surface area contributed by atoms with Gasteiger partial charge in [-0.2, -0.15) is 11.8 Å². The molecule has 12 heavy (non-hydrogen) atoms. The van der Waals surface area contributed by atoms with Crippen molar-refractivity contribution in [1.82, 2.24) is 5.32 Å². The van der Waals surface area contributed by atoms with E-state index in [2.05, 4.69) is 5.32 Å². The van der Waals surface area contributed by atoms with Gasteiger partial charge in [0.1, 0.15) is 0 Å². The van der Waals surface area contributed by atoms with Crippen molar-refractivity contribution in [3.8, 4) is 0 Å². The molecule has 1 amide bonds. The Morgan fingerprint density at radius 1 is 1.58 bits per heavy atom. The number of hydrogen-bond acceptors (Lipinski definition) is 3. The van der Waals surface area contributed by atoms with E-state index in [1.165, 1.54) is 12.2 Å². The fraction of sp³-hybridized carbons (Fsp3) is 0.875. The van der Waals surface area contributed by atoms with E-state index in [9.17, 15) is 4.79 Å². The number of rotatable bonds is 1. The number of piperidine rings is 1. The van der Waals surface area contributed by atoms with Gasteiger partial charge >= 0.3 is 0 Å². The summed E-state index contributed by atoms with van der Waals surface area (Å²) in [6.45, 7) is 0.977. The summed E-state index contributed by atoms with van der Waals surface area (Å²) in [6, 6.07) is -0.0724. The highest BCUT2D eigenvalue weighted by Crippen LogP contribution is 2.36. The van der Waals surface area contributed by atoms with Crippen LogP contribution in [0.3, 0.4) is 0 Å². The largest absolute Gasteiger partial charge is 0.368 e. The number of carbonyl (C=O) groups excluding carboxylic acids is 1. The standard InChI is InChI=1S/C8H14N2OS/c9-8(11)6-3-7-5(4-10-6)1-2-12-7/h5-7,10H,1-4H2,(H2,9,11)/t5?,6-,7?/m1/s1. The summed E-state index contributed by atoms with van der Waals surface area (Å²) in [4.78, 5) is 10.9. The van der Waals surface area contributed by atoms with Crippen molar-refractivity contribution < 1.29 is 4.79 Å². The third kappa shape index (κ3) is 1.45. The molecule has 0 saturated carbocycles. The summed E-state index contributed by atoms with van der Waals surface area (Å²) in [5.74, 6) is 1.84. The van der Waals surface area contributed by atoms with E-state index in [0.717, 1.165) is 18.9 Å². The van der Waals surface area contributed by atoms with Crippen molar-refractivity contribution in [2.45, 2.75) is 24.1 Å². The second-order valence-corrected chi connectivity index (χ2v) is 4.90. The summed E-state index contributed by atoms with van der Waals surface area (Å²) in [5.41, 5.74) is 5.24. The lowest BCUT2D eigenvalue weighted by atomic mass is 9.92. The average Bonchev–Trinajstić information content (AvgIpc) is 2.49. The van der Waals surface area contributed by atoms with Crippen LogP contribution in [0.5, 0.6) is 0 Å². The first-order valence-electron chi connectivity index (χ1n) is 4.41.